The fraction of sp³-hybridized carbons (Fsp3) is 0.885. The number of hydrogen-bond acceptors (Lipinski definition) is 5. The highest BCUT2D eigenvalue weighted by Gasteiger charge is 2.26. The predicted molar refractivity (Wildman–Crippen MR) is 129 cm³/mol. The molecule has 0 aliphatic heterocycles. The smallest absolute Gasteiger partial charge is 0.423 e. The van der Waals surface area contributed by atoms with E-state index in [1.54, 1.807) is 5.92 Å². The number of rotatable bonds is 17. The Kier molecular flexibility index (Phi) is 18.8. The van der Waals surface area contributed by atoms with E-state index >= 15 is 0 Å². The Morgan fingerprint density at radius 2 is 1.50 bits per heavy atom. The van der Waals surface area contributed by atoms with Crippen LogP contribution in [0.3, 0.4) is 0 Å². The quantitative estimate of drug-likeness (QED) is 0.198. The first-order chi connectivity index (χ1) is 16.5. The van der Waals surface area contributed by atoms with Crippen molar-refractivity contribution >= 4 is 6.09 Å². The normalized spacial score (nSPS) is 15.5. The van der Waals surface area contributed by atoms with Crippen molar-refractivity contribution in [3.05, 3.63) is 0 Å². The summed E-state index contributed by atoms with van der Waals surface area (Å²) >= 11 is 0. The molecule has 0 aromatic carbocycles. The molecule has 1 fully saturated rings. The third-order valence-corrected chi connectivity index (χ3v) is 5.88. The van der Waals surface area contributed by atoms with Crippen molar-refractivity contribution in [1.29, 1.82) is 0 Å². The number of carbonyl (C=O) groups excluding carboxylic acids is 1. The van der Waals surface area contributed by atoms with E-state index in [0.717, 1.165) is 18.9 Å². The van der Waals surface area contributed by atoms with E-state index in [1.165, 1.54) is 84.0 Å². The van der Waals surface area contributed by atoms with Gasteiger partial charge in [-0.2, -0.15) is 8.78 Å². The van der Waals surface area contributed by atoms with E-state index in [1.807, 2.05) is 0 Å². The first-order valence-corrected chi connectivity index (χ1v) is 13.1. The summed E-state index contributed by atoms with van der Waals surface area (Å²) < 4.78 is 45.8. The van der Waals surface area contributed by atoms with Gasteiger partial charge in [0.25, 0.3) is 0 Å². The number of alkyl halides is 2. The van der Waals surface area contributed by atoms with Crippen LogP contribution in [0.25, 0.3) is 0 Å². The number of amides is 1. The molecule has 1 rings (SSSR count). The maximum absolute atomic E-state index is 12.9. The van der Waals surface area contributed by atoms with Crippen LogP contribution in [-0.4, -0.2) is 58.4 Å². The molecule has 0 saturated heterocycles. The second-order valence-electron chi connectivity index (χ2n) is 8.80. The largest absolute Gasteiger partial charge is 0.447 e. The van der Waals surface area contributed by atoms with Gasteiger partial charge in [-0.3, -0.25) is 0 Å². The number of unbranched alkanes of at least 4 members (excludes halogenated alkanes) is 3. The van der Waals surface area contributed by atoms with Crippen molar-refractivity contribution in [3.63, 3.8) is 0 Å². The van der Waals surface area contributed by atoms with Crippen LogP contribution in [0.15, 0.2) is 0 Å². The molecule has 198 valence electrons. The summed E-state index contributed by atoms with van der Waals surface area (Å²) in [6, 6.07) is 0. The van der Waals surface area contributed by atoms with Crippen LogP contribution in [0, 0.1) is 17.8 Å². The minimum atomic E-state index is -3.53. The van der Waals surface area contributed by atoms with Gasteiger partial charge in [-0.25, -0.2) is 4.79 Å². The third-order valence-electron chi connectivity index (χ3n) is 5.88. The van der Waals surface area contributed by atoms with Crippen LogP contribution in [0.1, 0.15) is 90.4 Å². The minimum Gasteiger partial charge on any atom is -0.447 e. The summed E-state index contributed by atoms with van der Waals surface area (Å²) in [6.07, 6.45) is 13.5. The van der Waals surface area contributed by atoms with Crippen LogP contribution in [0.4, 0.5) is 13.6 Å². The SMILES string of the molecule is CC#CC(F)(F)OCCOC(=O)NCCOCCOCCCCCCC1CCCCCCCC1. The fourth-order valence-corrected chi connectivity index (χ4v) is 4.08. The molecule has 0 atom stereocenters. The van der Waals surface area contributed by atoms with Gasteiger partial charge in [-0.1, -0.05) is 83.0 Å². The molecule has 1 aliphatic rings. The zero-order chi connectivity index (χ0) is 24.7. The molecular formula is C26H45F2NO5. The summed E-state index contributed by atoms with van der Waals surface area (Å²) in [6.45, 7) is 2.88. The molecule has 8 heteroatoms. The summed E-state index contributed by atoms with van der Waals surface area (Å²) in [5.41, 5.74) is 0. The maximum atomic E-state index is 12.9. The summed E-state index contributed by atoms with van der Waals surface area (Å²) in [7, 11) is 0. The number of carbonyl (C=O) groups is 1. The van der Waals surface area contributed by atoms with Gasteiger partial charge in [0.1, 0.15) is 6.61 Å². The molecule has 34 heavy (non-hydrogen) atoms. The van der Waals surface area contributed by atoms with Crippen LogP contribution >= 0.6 is 0 Å². The van der Waals surface area contributed by atoms with Gasteiger partial charge in [-0.05, 0) is 19.3 Å². The minimum absolute atomic E-state index is 0.262. The molecule has 1 aliphatic carbocycles. The first kappa shape index (κ1) is 30.6. The molecular weight excluding hydrogens is 444 g/mol. The van der Waals surface area contributed by atoms with E-state index in [4.69, 9.17) is 14.2 Å². The van der Waals surface area contributed by atoms with Crippen molar-refractivity contribution in [1.82, 2.24) is 5.32 Å². The summed E-state index contributed by atoms with van der Waals surface area (Å²) in [5.74, 6) is 4.64. The van der Waals surface area contributed by atoms with Crippen LogP contribution in [0.2, 0.25) is 0 Å². The Morgan fingerprint density at radius 3 is 2.21 bits per heavy atom. The molecule has 1 N–H and O–H groups in total. The van der Waals surface area contributed by atoms with Gasteiger partial charge in [-0.15, -0.1) is 0 Å². The highest BCUT2D eigenvalue weighted by Crippen LogP contribution is 2.26. The van der Waals surface area contributed by atoms with E-state index in [0.29, 0.717) is 19.8 Å². The zero-order valence-corrected chi connectivity index (χ0v) is 21.0. The monoisotopic (exact) mass is 489 g/mol. The van der Waals surface area contributed by atoms with Crippen molar-refractivity contribution in [2.45, 2.75) is 96.5 Å². The van der Waals surface area contributed by atoms with E-state index < -0.39 is 18.8 Å². The Hall–Kier alpha value is -1.43. The van der Waals surface area contributed by atoms with Crippen LogP contribution < -0.4 is 5.32 Å². The molecule has 1 amide bonds. The van der Waals surface area contributed by atoms with E-state index in [2.05, 4.69) is 16.0 Å². The average Bonchev–Trinajstić information content (AvgIpc) is 2.94. The molecule has 0 aromatic rings. The van der Waals surface area contributed by atoms with Crippen molar-refractivity contribution in [2.24, 2.45) is 5.92 Å². The summed E-state index contributed by atoms with van der Waals surface area (Å²) in [5, 5.41) is 2.47. The lowest BCUT2D eigenvalue weighted by molar-refractivity contribution is -0.196. The Balaban J connectivity index is 1.81. The predicted octanol–water partition coefficient (Wildman–Crippen LogP) is 6.08. The van der Waals surface area contributed by atoms with Gasteiger partial charge in [0.15, 0.2) is 0 Å². The average molecular weight is 490 g/mol. The van der Waals surface area contributed by atoms with Gasteiger partial charge in [0, 0.05) is 19.1 Å². The van der Waals surface area contributed by atoms with Gasteiger partial charge in [0.05, 0.1) is 26.4 Å². The number of hydrogen-bond donors (Lipinski definition) is 1. The lowest BCUT2D eigenvalue weighted by Crippen LogP contribution is -2.30. The summed E-state index contributed by atoms with van der Waals surface area (Å²) in [4.78, 5) is 11.4. The molecule has 0 aromatic heterocycles. The van der Waals surface area contributed by atoms with E-state index in [9.17, 15) is 13.6 Å². The highest BCUT2D eigenvalue weighted by atomic mass is 19.3. The van der Waals surface area contributed by atoms with Crippen molar-refractivity contribution in [3.8, 4) is 11.8 Å². The van der Waals surface area contributed by atoms with Gasteiger partial charge in [0.2, 0.25) is 0 Å². The second-order valence-corrected chi connectivity index (χ2v) is 8.80. The lowest BCUT2D eigenvalue weighted by atomic mass is 9.91. The van der Waals surface area contributed by atoms with Crippen LogP contribution in [-0.2, 0) is 18.9 Å². The molecule has 0 spiro atoms. The maximum Gasteiger partial charge on any atom is 0.423 e. The molecule has 0 unspecified atom stereocenters. The zero-order valence-electron chi connectivity index (χ0n) is 21.0. The van der Waals surface area contributed by atoms with Crippen molar-refractivity contribution < 1.29 is 32.5 Å². The molecule has 6 nitrogen and oxygen atoms in total. The Morgan fingerprint density at radius 1 is 0.853 bits per heavy atom. The number of alkyl carbamates (subject to hydrolysis) is 1. The Bertz CT molecular complexity index is 555. The van der Waals surface area contributed by atoms with E-state index in [-0.39, 0.29) is 13.2 Å². The van der Waals surface area contributed by atoms with Gasteiger partial charge >= 0.3 is 12.2 Å². The molecule has 1 saturated carbocycles. The first-order valence-electron chi connectivity index (χ1n) is 13.1. The number of halogens is 2. The number of nitrogens with one attached hydrogen (secondary N) is 1. The molecule has 0 bridgehead atoms. The number of ether oxygens (including phenoxy) is 4. The highest BCUT2D eigenvalue weighted by molar-refractivity contribution is 5.66. The van der Waals surface area contributed by atoms with Crippen LogP contribution in [0.5, 0.6) is 0 Å². The topological polar surface area (TPSA) is 66.0 Å². The van der Waals surface area contributed by atoms with Gasteiger partial charge < -0.3 is 24.3 Å². The Labute approximate surface area is 204 Å². The second kappa shape index (κ2) is 20.9. The van der Waals surface area contributed by atoms with Crippen molar-refractivity contribution in [2.75, 3.05) is 46.2 Å². The lowest BCUT2D eigenvalue weighted by Gasteiger charge is -2.15. The third kappa shape index (κ3) is 18.9. The fourth-order valence-electron chi connectivity index (χ4n) is 4.08. The molecule has 0 heterocycles. The molecule has 0 radical (unpaired) electrons. The standard InChI is InChI=1S/C26H45F2NO5/c1-2-16-26(27,28)34-23-22-33-25(30)29-17-19-32-21-20-31-18-12-8-7-11-15-24-13-9-5-3-4-6-10-14-24/h24H,3-15,17-23H2,1H3,(H,29,30).